The van der Waals surface area contributed by atoms with Crippen LogP contribution in [0.1, 0.15) is 42.5 Å². The van der Waals surface area contributed by atoms with E-state index in [-0.39, 0.29) is 0 Å². The first-order valence-corrected chi connectivity index (χ1v) is 21.1. The van der Waals surface area contributed by atoms with Gasteiger partial charge in [0.25, 0.3) is 0 Å². The number of pyridine rings is 2. The molecule has 4 heterocycles. The number of hydrogen-bond donors (Lipinski definition) is 0. The fourth-order valence-corrected chi connectivity index (χ4v) is 8.51. The van der Waals surface area contributed by atoms with Gasteiger partial charge in [0.05, 0.1) is 38.4 Å². The van der Waals surface area contributed by atoms with Crippen molar-refractivity contribution in [2.75, 3.05) is 0 Å². The average Bonchev–Trinajstić information content (AvgIpc) is 3.78. The Morgan fingerprint density at radius 1 is 0.525 bits per heavy atom. The van der Waals surface area contributed by atoms with Crippen molar-refractivity contribution in [2.24, 2.45) is 0 Å². The van der Waals surface area contributed by atoms with E-state index in [1.54, 1.807) is 12.3 Å². The van der Waals surface area contributed by atoms with Crippen LogP contribution in [0.4, 0.5) is 0 Å². The molecular formula is C49H44Cl4N6. The van der Waals surface area contributed by atoms with Crippen molar-refractivity contribution in [3.8, 4) is 67.8 Å². The second-order valence-electron chi connectivity index (χ2n) is 14.5. The molecule has 0 fully saturated rings. The Kier molecular flexibility index (Phi) is 13.0. The van der Waals surface area contributed by atoms with E-state index in [1.165, 1.54) is 39.1 Å². The van der Waals surface area contributed by atoms with Crippen molar-refractivity contribution in [1.29, 1.82) is 0 Å². The molecule has 0 atom stereocenters. The van der Waals surface area contributed by atoms with Crippen LogP contribution in [-0.2, 0) is 13.1 Å². The smallest absolute Gasteiger partial charge is 0.144 e. The molecule has 298 valence electrons. The zero-order valence-corrected chi connectivity index (χ0v) is 36.9. The molecular weight excluding hydrogens is 814 g/mol. The van der Waals surface area contributed by atoms with E-state index < -0.39 is 0 Å². The molecule has 4 aromatic heterocycles. The number of nitrogens with zero attached hydrogens (tertiary/aromatic N) is 6. The topological polar surface area (TPSA) is 61.4 Å². The second kappa shape index (κ2) is 18.4. The van der Waals surface area contributed by atoms with Gasteiger partial charge < -0.3 is 9.13 Å². The summed E-state index contributed by atoms with van der Waals surface area (Å²) in [5.41, 5.74) is 15.0. The van der Waals surface area contributed by atoms with Gasteiger partial charge in [0.15, 0.2) is 0 Å². The van der Waals surface area contributed by atoms with Crippen LogP contribution in [0.25, 0.3) is 67.8 Å². The summed E-state index contributed by atoms with van der Waals surface area (Å²) in [7, 11) is 0. The van der Waals surface area contributed by atoms with Crippen molar-refractivity contribution in [2.45, 2.75) is 61.1 Å². The molecule has 0 N–H and O–H groups in total. The van der Waals surface area contributed by atoms with Gasteiger partial charge in [-0.15, -0.1) is 0 Å². The predicted molar refractivity (Wildman–Crippen MR) is 248 cm³/mol. The summed E-state index contributed by atoms with van der Waals surface area (Å²) in [6.07, 6.45) is 6.39. The molecule has 0 unspecified atom stereocenters. The van der Waals surface area contributed by atoms with Crippen molar-refractivity contribution >= 4 is 46.4 Å². The Bertz CT molecular complexity index is 2690. The van der Waals surface area contributed by atoms with Gasteiger partial charge in [-0.3, -0.25) is 4.98 Å². The minimum absolute atomic E-state index is 0.396. The van der Waals surface area contributed by atoms with Gasteiger partial charge in [-0.05, 0) is 101 Å². The van der Waals surface area contributed by atoms with Gasteiger partial charge in [0.1, 0.15) is 16.8 Å². The molecule has 0 amide bonds. The standard InChI is InChI=1S/C27H29N3.C22H15Cl4N3/c1-6-15-30-26(23-9-7-18(2)8-10-23)25(22-11-13-28-14-12-22)29-27(30)24-20(4)16-19(3)17-21(24)5;1-2-29-21(13-6-8-15(23)9-7-13)20(14-10-11-27-18(26)12-14)28-22(29)19-16(24)4-3-5-17(19)25/h7-14,16-17H,6,15H2,1-5H3;3-12H,2H2,1H3. The number of halogens is 4. The molecule has 0 radical (unpaired) electrons. The number of rotatable bonds is 9. The van der Waals surface area contributed by atoms with E-state index in [4.69, 9.17) is 56.4 Å². The van der Waals surface area contributed by atoms with Crippen LogP contribution < -0.4 is 0 Å². The third kappa shape index (κ3) is 8.88. The van der Waals surface area contributed by atoms with Crippen molar-refractivity contribution < 1.29 is 0 Å². The SMILES string of the molecule is CCCn1c(-c2c(C)cc(C)cc2C)nc(-c2ccncc2)c1-c1ccc(C)cc1.CCn1c(-c2c(Cl)cccc2Cl)nc(-c2ccnc(Cl)c2)c1-c1ccc(Cl)cc1. The Hall–Kier alpha value is -5.24. The van der Waals surface area contributed by atoms with Crippen LogP contribution in [-0.4, -0.2) is 29.1 Å². The minimum atomic E-state index is 0.396. The minimum Gasteiger partial charge on any atom is -0.324 e. The zero-order valence-electron chi connectivity index (χ0n) is 33.9. The van der Waals surface area contributed by atoms with E-state index in [0.717, 1.165) is 52.6 Å². The van der Waals surface area contributed by atoms with E-state index in [2.05, 4.69) is 109 Å². The van der Waals surface area contributed by atoms with Crippen LogP contribution in [0.5, 0.6) is 0 Å². The highest BCUT2D eigenvalue weighted by molar-refractivity contribution is 6.39. The summed E-state index contributed by atoms with van der Waals surface area (Å²) in [4.78, 5) is 18.5. The van der Waals surface area contributed by atoms with Crippen LogP contribution in [0, 0.1) is 27.7 Å². The Labute approximate surface area is 366 Å². The molecule has 8 rings (SSSR count). The monoisotopic (exact) mass is 856 g/mol. The maximum Gasteiger partial charge on any atom is 0.144 e. The quantitative estimate of drug-likeness (QED) is 0.136. The van der Waals surface area contributed by atoms with E-state index in [0.29, 0.717) is 38.2 Å². The third-order valence-electron chi connectivity index (χ3n) is 10.2. The normalized spacial score (nSPS) is 11.1. The number of benzene rings is 4. The summed E-state index contributed by atoms with van der Waals surface area (Å²) < 4.78 is 4.51. The molecule has 8 aromatic rings. The van der Waals surface area contributed by atoms with E-state index in [1.807, 2.05) is 60.9 Å². The average molecular weight is 859 g/mol. The maximum absolute atomic E-state index is 6.51. The largest absolute Gasteiger partial charge is 0.324 e. The first kappa shape index (κ1) is 41.9. The summed E-state index contributed by atoms with van der Waals surface area (Å²) in [5.74, 6) is 1.74. The first-order chi connectivity index (χ1) is 28.5. The molecule has 0 spiro atoms. The zero-order chi connectivity index (χ0) is 41.8. The van der Waals surface area contributed by atoms with Crippen LogP contribution in [0.2, 0.25) is 20.2 Å². The van der Waals surface area contributed by atoms with E-state index in [9.17, 15) is 0 Å². The molecule has 0 saturated heterocycles. The van der Waals surface area contributed by atoms with Gasteiger partial charge in [0, 0.05) is 64.5 Å². The highest BCUT2D eigenvalue weighted by Crippen LogP contribution is 2.42. The molecule has 0 aliphatic heterocycles. The Morgan fingerprint density at radius 3 is 1.64 bits per heavy atom. The molecule has 0 saturated carbocycles. The van der Waals surface area contributed by atoms with Crippen LogP contribution >= 0.6 is 46.4 Å². The maximum atomic E-state index is 6.51. The fraction of sp³-hybridized carbons (Fsp3) is 0.184. The van der Waals surface area contributed by atoms with Gasteiger partial charge in [-0.25, -0.2) is 15.0 Å². The molecule has 4 aromatic carbocycles. The second-order valence-corrected chi connectivity index (χ2v) is 16.1. The number of imidazole rings is 2. The summed E-state index contributed by atoms with van der Waals surface area (Å²) in [5, 5.41) is 2.14. The van der Waals surface area contributed by atoms with E-state index >= 15 is 0 Å². The number of aryl methyl sites for hydroxylation is 4. The summed E-state index contributed by atoms with van der Waals surface area (Å²) >= 11 is 25.3. The summed E-state index contributed by atoms with van der Waals surface area (Å²) in [6, 6.07) is 34.1. The number of hydrogen-bond acceptors (Lipinski definition) is 4. The molecule has 0 aliphatic rings. The molecule has 6 nitrogen and oxygen atoms in total. The molecule has 10 heteroatoms. The van der Waals surface area contributed by atoms with Crippen molar-refractivity contribution in [3.05, 3.63) is 164 Å². The number of aromatic nitrogens is 6. The van der Waals surface area contributed by atoms with Gasteiger partial charge in [-0.2, -0.15) is 0 Å². The van der Waals surface area contributed by atoms with Gasteiger partial charge >= 0.3 is 0 Å². The van der Waals surface area contributed by atoms with Crippen LogP contribution in [0.3, 0.4) is 0 Å². The lowest BCUT2D eigenvalue weighted by molar-refractivity contribution is 0.690. The Morgan fingerprint density at radius 2 is 1.07 bits per heavy atom. The van der Waals surface area contributed by atoms with Crippen molar-refractivity contribution in [3.63, 3.8) is 0 Å². The Balaban J connectivity index is 0.000000179. The highest BCUT2D eigenvalue weighted by Gasteiger charge is 2.25. The molecule has 0 aliphatic carbocycles. The lowest BCUT2D eigenvalue weighted by Gasteiger charge is -2.16. The predicted octanol–water partition coefficient (Wildman–Crippen LogP) is 14.8. The molecule has 59 heavy (non-hydrogen) atoms. The van der Waals surface area contributed by atoms with Crippen molar-refractivity contribution in [1.82, 2.24) is 29.1 Å². The highest BCUT2D eigenvalue weighted by atomic mass is 35.5. The lowest BCUT2D eigenvalue weighted by Crippen LogP contribution is -2.04. The summed E-state index contributed by atoms with van der Waals surface area (Å²) in [6.45, 7) is 14.5. The van der Waals surface area contributed by atoms with Crippen LogP contribution in [0.15, 0.2) is 122 Å². The van der Waals surface area contributed by atoms with Gasteiger partial charge in [0.2, 0.25) is 0 Å². The lowest BCUT2D eigenvalue weighted by atomic mass is 9.99. The van der Waals surface area contributed by atoms with Gasteiger partial charge in [-0.1, -0.05) is 119 Å². The first-order valence-electron chi connectivity index (χ1n) is 19.6. The molecule has 0 bridgehead atoms. The fourth-order valence-electron chi connectivity index (χ4n) is 7.65. The third-order valence-corrected chi connectivity index (χ3v) is 11.3.